The van der Waals surface area contributed by atoms with Gasteiger partial charge in [-0.05, 0) is 67.9 Å². The SMILES string of the molecule is C=CCC(=C\CCCC)/C(=C/C)c1cccc(C(N)=S)c1.CCCCc1ccc(C)cc1. The van der Waals surface area contributed by atoms with Crippen LogP contribution < -0.4 is 5.73 Å². The molecule has 1 nitrogen and oxygen atoms in total. The van der Waals surface area contributed by atoms with Crippen LogP contribution in [0.5, 0.6) is 0 Å². The summed E-state index contributed by atoms with van der Waals surface area (Å²) in [5, 5.41) is 0. The fourth-order valence-electron chi connectivity index (χ4n) is 3.45. The normalized spacial score (nSPS) is 11.5. The van der Waals surface area contributed by atoms with Crippen molar-refractivity contribution in [2.75, 3.05) is 0 Å². The van der Waals surface area contributed by atoms with Crippen molar-refractivity contribution in [1.82, 2.24) is 0 Å². The van der Waals surface area contributed by atoms with E-state index in [-0.39, 0.29) is 0 Å². The van der Waals surface area contributed by atoms with Crippen molar-refractivity contribution in [3.05, 3.63) is 101 Å². The molecular weight excluding hydrogens is 406 g/mol. The summed E-state index contributed by atoms with van der Waals surface area (Å²) in [6, 6.07) is 17.0. The van der Waals surface area contributed by atoms with Gasteiger partial charge >= 0.3 is 0 Å². The van der Waals surface area contributed by atoms with E-state index < -0.39 is 0 Å². The number of rotatable bonds is 11. The first-order chi connectivity index (χ1) is 15.5. The van der Waals surface area contributed by atoms with E-state index in [4.69, 9.17) is 18.0 Å². The molecule has 0 unspecified atom stereocenters. The van der Waals surface area contributed by atoms with Crippen LogP contribution in [0.15, 0.2) is 78.9 Å². The molecule has 2 N–H and O–H groups in total. The molecule has 0 aliphatic carbocycles. The second-order valence-electron chi connectivity index (χ2n) is 8.10. The quantitative estimate of drug-likeness (QED) is 0.161. The van der Waals surface area contributed by atoms with Crippen LogP contribution in [-0.2, 0) is 6.42 Å². The summed E-state index contributed by atoms with van der Waals surface area (Å²) in [6.45, 7) is 12.5. The van der Waals surface area contributed by atoms with Crippen molar-refractivity contribution < 1.29 is 0 Å². The summed E-state index contributed by atoms with van der Waals surface area (Å²) in [5.41, 5.74) is 13.2. The van der Waals surface area contributed by atoms with Gasteiger partial charge in [-0.25, -0.2) is 0 Å². The van der Waals surface area contributed by atoms with Gasteiger partial charge in [-0.2, -0.15) is 0 Å². The molecule has 2 rings (SSSR count). The Morgan fingerprint density at radius 1 is 1.00 bits per heavy atom. The van der Waals surface area contributed by atoms with E-state index in [1.165, 1.54) is 54.4 Å². The van der Waals surface area contributed by atoms with Gasteiger partial charge in [0.25, 0.3) is 0 Å². The van der Waals surface area contributed by atoms with Gasteiger partial charge in [0.05, 0.1) is 0 Å². The number of allylic oxidation sites excluding steroid dienone is 5. The summed E-state index contributed by atoms with van der Waals surface area (Å²) in [6.07, 6.45) is 14.7. The number of unbranched alkanes of at least 4 members (excludes halogenated alkanes) is 3. The number of hydrogen-bond donors (Lipinski definition) is 1. The minimum atomic E-state index is 0.438. The zero-order valence-corrected chi connectivity index (χ0v) is 21.3. The minimum absolute atomic E-state index is 0.438. The largest absolute Gasteiger partial charge is 0.389 e. The number of nitrogens with two attached hydrogens (primary N) is 1. The highest BCUT2D eigenvalue weighted by atomic mass is 32.1. The Morgan fingerprint density at radius 2 is 1.66 bits per heavy atom. The van der Waals surface area contributed by atoms with Gasteiger partial charge in [-0.3, -0.25) is 0 Å². The lowest BCUT2D eigenvalue weighted by atomic mass is 9.93. The highest BCUT2D eigenvalue weighted by Gasteiger charge is 2.07. The summed E-state index contributed by atoms with van der Waals surface area (Å²) < 4.78 is 0. The highest BCUT2D eigenvalue weighted by molar-refractivity contribution is 7.80. The predicted octanol–water partition coefficient (Wildman–Crippen LogP) is 8.75. The van der Waals surface area contributed by atoms with Crippen LogP contribution in [0.2, 0.25) is 0 Å². The zero-order chi connectivity index (χ0) is 23.8. The molecule has 0 spiro atoms. The lowest BCUT2D eigenvalue weighted by Crippen LogP contribution is -2.09. The average molecular weight is 448 g/mol. The monoisotopic (exact) mass is 447 g/mol. The van der Waals surface area contributed by atoms with Crippen molar-refractivity contribution in [2.24, 2.45) is 5.73 Å². The van der Waals surface area contributed by atoms with Gasteiger partial charge in [-0.1, -0.05) is 112 Å². The lowest BCUT2D eigenvalue weighted by molar-refractivity contribution is 0.795. The number of benzene rings is 2. The molecule has 0 fully saturated rings. The molecule has 0 saturated carbocycles. The molecule has 2 heteroatoms. The van der Waals surface area contributed by atoms with E-state index in [0.29, 0.717) is 4.99 Å². The van der Waals surface area contributed by atoms with Crippen LogP contribution >= 0.6 is 12.2 Å². The van der Waals surface area contributed by atoms with Gasteiger partial charge in [0.2, 0.25) is 0 Å². The van der Waals surface area contributed by atoms with Gasteiger partial charge in [-0.15, -0.1) is 6.58 Å². The Bertz CT molecular complexity index is 887. The minimum Gasteiger partial charge on any atom is -0.389 e. The Balaban J connectivity index is 0.000000389. The number of hydrogen-bond acceptors (Lipinski definition) is 1. The molecule has 0 radical (unpaired) electrons. The third kappa shape index (κ3) is 10.2. The van der Waals surface area contributed by atoms with Crippen LogP contribution in [-0.4, -0.2) is 4.99 Å². The van der Waals surface area contributed by atoms with Crippen LogP contribution in [0.4, 0.5) is 0 Å². The standard InChI is InChI=1S/C19H25NS.C11H16/c1-4-7-8-11-15(10-5-2)18(6-3)16-12-9-13-17(14-16)19(20)21;1-3-4-5-11-8-6-10(2)7-9-11/h5-6,9,11-14H,2,4,7-8,10H2,1,3H3,(H2,20,21);6-9H,3-5H2,1-2H3/b15-11+,18-6-;. The maximum Gasteiger partial charge on any atom is 0.104 e. The van der Waals surface area contributed by atoms with Gasteiger partial charge < -0.3 is 5.73 Å². The van der Waals surface area contributed by atoms with E-state index >= 15 is 0 Å². The molecule has 32 heavy (non-hydrogen) atoms. The second-order valence-corrected chi connectivity index (χ2v) is 8.54. The molecule has 0 bridgehead atoms. The molecular formula is C30H41NS. The third-order valence-corrected chi connectivity index (χ3v) is 5.58. The second kappa shape index (κ2) is 16.2. The topological polar surface area (TPSA) is 26.0 Å². The van der Waals surface area contributed by atoms with Crippen LogP contribution in [0, 0.1) is 6.92 Å². The van der Waals surface area contributed by atoms with E-state index in [0.717, 1.165) is 24.0 Å². The lowest BCUT2D eigenvalue weighted by Gasteiger charge is -2.12. The average Bonchev–Trinajstić information content (AvgIpc) is 2.80. The Kier molecular flexibility index (Phi) is 14.0. The smallest absolute Gasteiger partial charge is 0.104 e. The van der Waals surface area contributed by atoms with Crippen LogP contribution in [0.1, 0.15) is 81.5 Å². The number of aryl methyl sites for hydroxylation is 2. The molecule has 2 aromatic rings. The fourth-order valence-corrected chi connectivity index (χ4v) is 3.58. The molecule has 0 heterocycles. The van der Waals surface area contributed by atoms with Crippen LogP contribution in [0.3, 0.4) is 0 Å². The van der Waals surface area contributed by atoms with Crippen molar-refractivity contribution in [2.45, 2.75) is 72.6 Å². The first-order valence-corrected chi connectivity index (χ1v) is 12.3. The van der Waals surface area contributed by atoms with Crippen molar-refractivity contribution in [1.29, 1.82) is 0 Å². The Morgan fingerprint density at radius 3 is 2.22 bits per heavy atom. The first-order valence-electron chi connectivity index (χ1n) is 11.9. The molecule has 0 aliphatic heterocycles. The molecule has 172 valence electrons. The summed E-state index contributed by atoms with van der Waals surface area (Å²) in [7, 11) is 0. The van der Waals surface area contributed by atoms with Crippen molar-refractivity contribution in [3.63, 3.8) is 0 Å². The maximum absolute atomic E-state index is 5.74. The molecule has 0 aromatic heterocycles. The van der Waals surface area contributed by atoms with Gasteiger partial charge in [0.1, 0.15) is 4.99 Å². The van der Waals surface area contributed by atoms with Crippen molar-refractivity contribution >= 4 is 22.8 Å². The van der Waals surface area contributed by atoms with Gasteiger partial charge in [0.15, 0.2) is 0 Å². The summed E-state index contributed by atoms with van der Waals surface area (Å²) >= 11 is 5.07. The molecule has 0 atom stereocenters. The molecule has 0 aliphatic rings. The van der Waals surface area contributed by atoms with Crippen molar-refractivity contribution in [3.8, 4) is 0 Å². The van der Waals surface area contributed by atoms with E-state index in [1.807, 2.05) is 18.2 Å². The fraction of sp³-hybridized carbons (Fsp3) is 0.367. The summed E-state index contributed by atoms with van der Waals surface area (Å²) in [4.78, 5) is 0.438. The highest BCUT2D eigenvalue weighted by Crippen LogP contribution is 2.27. The maximum atomic E-state index is 5.74. The molecule has 2 aromatic carbocycles. The Labute approximate surface area is 202 Å². The van der Waals surface area contributed by atoms with Crippen LogP contribution in [0.25, 0.3) is 5.57 Å². The third-order valence-electron chi connectivity index (χ3n) is 5.34. The molecule has 0 amide bonds. The molecule has 0 saturated heterocycles. The van der Waals surface area contributed by atoms with E-state index in [2.05, 4.69) is 82.8 Å². The number of thiocarbonyl (C=S) groups is 1. The van der Waals surface area contributed by atoms with E-state index in [1.54, 1.807) is 0 Å². The van der Waals surface area contributed by atoms with E-state index in [9.17, 15) is 0 Å². The predicted molar refractivity (Wildman–Crippen MR) is 148 cm³/mol. The first kappa shape index (κ1) is 27.6. The Hall–Kier alpha value is -2.45. The van der Waals surface area contributed by atoms with Gasteiger partial charge in [0, 0.05) is 5.56 Å². The zero-order valence-electron chi connectivity index (χ0n) is 20.5. The summed E-state index contributed by atoms with van der Waals surface area (Å²) in [5.74, 6) is 0.